The third kappa shape index (κ3) is 3.17. The molecule has 0 spiro atoms. The summed E-state index contributed by atoms with van der Waals surface area (Å²) >= 11 is 0. The van der Waals surface area contributed by atoms with Gasteiger partial charge in [-0.2, -0.15) is 0 Å². The highest BCUT2D eigenvalue weighted by Gasteiger charge is 2.25. The molecule has 2 aromatic rings. The summed E-state index contributed by atoms with van der Waals surface area (Å²) in [7, 11) is 0. The summed E-state index contributed by atoms with van der Waals surface area (Å²) in [6.07, 6.45) is 7.82. The third-order valence-corrected chi connectivity index (χ3v) is 4.06. The van der Waals surface area contributed by atoms with Gasteiger partial charge in [0.15, 0.2) is 0 Å². The van der Waals surface area contributed by atoms with E-state index in [4.69, 9.17) is 0 Å². The van der Waals surface area contributed by atoms with Gasteiger partial charge >= 0.3 is 0 Å². The fourth-order valence-corrected chi connectivity index (χ4v) is 2.74. The van der Waals surface area contributed by atoms with E-state index < -0.39 is 0 Å². The Balaban J connectivity index is 1.67. The van der Waals surface area contributed by atoms with Crippen molar-refractivity contribution in [2.24, 2.45) is 0 Å². The molecule has 116 valence electrons. The van der Waals surface area contributed by atoms with Gasteiger partial charge in [0.2, 0.25) is 0 Å². The van der Waals surface area contributed by atoms with Crippen molar-refractivity contribution in [1.82, 2.24) is 24.8 Å². The number of imidazole rings is 1. The number of nitrogens with one attached hydrogen (secondary N) is 1. The number of rotatable bonds is 4. The van der Waals surface area contributed by atoms with Crippen LogP contribution in [0.5, 0.6) is 0 Å². The average molecular weight is 299 g/mol. The van der Waals surface area contributed by atoms with Crippen LogP contribution in [0.25, 0.3) is 5.82 Å². The van der Waals surface area contributed by atoms with Gasteiger partial charge in [-0.1, -0.05) is 0 Å². The average Bonchev–Trinajstić information content (AvgIpc) is 3.19. The Morgan fingerprint density at radius 1 is 1.41 bits per heavy atom. The third-order valence-electron chi connectivity index (χ3n) is 4.06. The van der Waals surface area contributed by atoms with Gasteiger partial charge in [-0.3, -0.25) is 14.3 Å². The molecule has 22 heavy (non-hydrogen) atoms. The number of amides is 1. The first-order valence-electron chi connectivity index (χ1n) is 7.63. The lowest BCUT2D eigenvalue weighted by molar-refractivity contribution is 0.0936. The van der Waals surface area contributed by atoms with Gasteiger partial charge in [0.25, 0.3) is 5.91 Å². The number of pyridine rings is 1. The molecule has 0 saturated carbocycles. The Morgan fingerprint density at radius 3 is 2.95 bits per heavy atom. The number of carbonyl (C=O) groups excluding carboxylic acids is 1. The largest absolute Gasteiger partial charge is 0.348 e. The molecule has 1 atom stereocenters. The first-order chi connectivity index (χ1) is 10.6. The second-order valence-electron chi connectivity index (χ2n) is 5.92. The zero-order valence-electron chi connectivity index (χ0n) is 12.9. The fourth-order valence-electron chi connectivity index (χ4n) is 2.74. The summed E-state index contributed by atoms with van der Waals surface area (Å²) in [4.78, 5) is 23.1. The number of hydrogen-bond acceptors (Lipinski definition) is 4. The Kier molecular flexibility index (Phi) is 4.20. The second-order valence-corrected chi connectivity index (χ2v) is 5.92. The zero-order chi connectivity index (χ0) is 15.5. The summed E-state index contributed by atoms with van der Waals surface area (Å²) in [6, 6.07) is 4.27. The highest BCUT2D eigenvalue weighted by molar-refractivity contribution is 5.94. The van der Waals surface area contributed by atoms with Gasteiger partial charge in [0.05, 0.1) is 0 Å². The van der Waals surface area contributed by atoms with E-state index in [1.165, 1.54) is 0 Å². The predicted molar refractivity (Wildman–Crippen MR) is 83.9 cm³/mol. The summed E-state index contributed by atoms with van der Waals surface area (Å²) < 4.78 is 1.78. The van der Waals surface area contributed by atoms with Crippen LogP contribution in [0.3, 0.4) is 0 Å². The van der Waals surface area contributed by atoms with Crippen molar-refractivity contribution >= 4 is 5.91 Å². The molecule has 1 saturated heterocycles. The van der Waals surface area contributed by atoms with E-state index in [9.17, 15) is 4.79 Å². The van der Waals surface area contributed by atoms with E-state index in [0.29, 0.717) is 17.4 Å². The molecule has 1 aliphatic heterocycles. The van der Waals surface area contributed by atoms with Crippen molar-refractivity contribution < 1.29 is 4.79 Å². The molecule has 3 rings (SSSR count). The maximum atomic E-state index is 12.4. The molecule has 1 aliphatic rings. The van der Waals surface area contributed by atoms with Crippen LogP contribution >= 0.6 is 0 Å². The van der Waals surface area contributed by atoms with Crippen LogP contribution in [-0.2, 0) is 0 Å². The SMILES string of the molecule is CC(C)N1CC[C@@H](NC(=O)c2ccnc(-n3ccnc3)c2)C1. The summed E-state index contributed by atoms with van der Waals surface area (Å²) in [5.74, 6) is 0.653. The van der Waals surface area contributed by atoms with Crippen LogP contribution in [0.2, 0.25) is 0 Å². The van der Waals surface area contributed by atoms with Gasteiger partial charge < -0.3 is 5.32 Å². The van der Waals surface area contributed by atoms with Crippen LogP contribution in [0, 0.1) is 0 Å². The van der Waals surface area contributed by atoms with Gasteiger partial charge in [0.1, 0.15) is 12.1 Å². The minimum atomic E-state index is -0.0422. The molecule has 6 heteroatoms. The van der Waals surface area contributed by atoms with Crippen molar-refractivity contribution in [1.29, 1.82) is 0 Å². The number of nitrogens with zero attached hydrogens (tertiary/aromatic N) is 4. The van der Waals surface area contributed by atoms with Crippen LogP contribution in [0.15, 0.2) is 37.1 Å². The minimum absolute atomic E-state index is 0.0422. The first kappa shape index (κ1) is 14.7. The van der Waals surface area contributed by atoms with Crippen molar-refractivity contribution in [3.05, 3.63) is 42.6 Å². The van der Waals surface area contributed by atoms with Crippen LogP contribution < -0.4 is 5.32 Å². The molecule has 3 heterocycles. The number of hydrogen-bond donors (Lipinski definition) is 1. The van der Waals surface area contributed by atoms with Crippen molar-refractivity contribution in [2.45, 2.75) is 32.4 Å². The van der Waals surface area contributed by atoms with E-state index in [1.807, 2.05) is 6.20 Å². The summed E-state index contributed by atoms with van der Waals surface area (Å²) in [6.45, 7) is 6.33. The lowest BCUT2D eigenvalue weighted by Crippen LogP contribution is -2.38. The summed E-state index contributed by atoms with van der Waals surface area (Å²) in [5, 5.41) is 3.12. The zero-order valence-corrected chi connectivity index (χ0v) is 12.9. The normalized spacial score (nSPS) is 18.8. The van der Waals surface area contributed by atoms with Gasteiger partial charge in [-0.15, -0.1) is 0 Å². The highest BCUT2D eigenvalue weighted by atomic mass is 16.1. The van der Waals surface area contributed by atoms with Gasteiger partial charge in [-0.25, -0.2) is 9.97 Å². The Morgan fingerprint density at radius 2 is 2.27 bits per heavy atom. The molecular formula is C16H21N5O. The lowest BCUT2D eigenvalue weighted by atomic mass is 10.2. The van der Waals surface area contributed by atoms with E-state index in [1.54, 1.807) is 35.4 Å². The van der Waals surface area contributed by atoms with E-state index >= 15 is 0 Å². The van der Waals surface area contributed by atoms with Gasteiger partial charge in [-0.05, 0) is 32.4 Å². The molecule has 6 nitrogen and oxygen atoms in total. The number of carbonyl (C=O) groups is 1. The topological polar surface area (TPSA) is 63.1 Å². The maximum absolute atomic E-state index is 12.4. The lowest BCUT2D eigenvalue weighted by Gasteiger charge is -2.20. The van der Waals surface area contributed by atoms with Crippen molar-refractivity contribution in [3.63, 3.8) is 0 Å². The number of aromatic nitrogens is 3. The van der Waals surface area contributed by atoms with E-state index in [-0.39, 0.29) is 11.9 Å². The van der Waals surface area contributed by atoms with E-state index in [0.717, 1.165) is 19.5 Å². The predicted octanol–water partition coefficient (Wildman–Crippen LogP) is 1.48. The van der Waals surface area contributed by atoms with E-state index in [2.05, 4.69) is 34.0 Å². The monoisotopic (exact) mass is 299 g/mol. The smallest absolute Gasteiger partial charge is 0.251 e. The van der Waals surface area contributed by atoms with Crippen LogP contribution in [0.4, 0.5) is 0 Å². The molecule has 0 radical (unpaired) electrons. The molecule has 1 N–H and O–H groups in total. The fraction of sp³-hybridized carbons (Fsp3) is 0.438. The molecule has 1 amide bonds. The molecular weight excluding hydrogens is 278 g/mol. The Labute approximate surface area is 130 Å². The standard InChI is InChI=1S/C16H21N5O/c1-12(2)20-7-4-14(10-20)19-16(22)13-3-5-18-15(9-13)21-8-6-17-11-21/h3,5-6,8-9,11-12,14H,4,7,10H2,1-2H3,(H,19,22)/t14-/m1/s1. The molecule has 0 aliphatic carbocycles. The minimum Gasteiger partial charge on any atom is -0.348 e. The summed E-state index contributed by atoms with van der Waals surface area (Å²) in [5.41, 5.74) is 0.627. The highest BCUT2D eigenvalue weighted by Crippen LogP contribution is 2.13. The molecule has 2 aromatic heterocycles. The number of likely N-dealkylation sites (tertiary alicyclic amines) is 1. The van der Waals surface area contributed by atoms with Gasteiger partial charge in [0, 0.05) is 49.3 Å². The van der Waals surface area contributed by atoms with Crippen LogP contribution in [-0.4, -0.2) is 50.5 Å². The van der Waals surface area contributed by atoms with Crippen molar-refractivity contribution in [3.8, 4) is 5.82 Å². The second kappa shape index (κ2) is 6.27. The van der Waals surface area contributed by atoms with Crippen LogP contribution in [0.1, 0.15) is 30.6 Å². The molecule has 0 aromatic carbocycles. The molecule has 1 fully saturated rings. The molecule has 0 unspecified atom stereocenters. The van der Waals surface area contributed by atoms with Crippen molar-refractivity contribution in [2.75, 3.05) is 13.1 Å². The quantitative estimate of drug-likeness (QED) is 0.929. The maximum Gasteiger partial charge on any atom is 0.251 e. The molecule has 0 bridgehead atoms. The Hall–Kier alpha value is -2.21. The first-order valence-corrected chi connectivity index (χ1v) is 7.63. The Bertz CT molecular complexity index is 638.